The van der Waals surface area contributed by atoms with Gasteiger partial charge in [-0.3, -0.25) is 4.79 Å². The highest BCUT2D eigenvalue weighted by Crippen LogP contribution is 2.62. The van der Waals surface area contributed by atoms with Gasteiger partial charge in [-0.15, -0.1) is 0 Å². The molecule has 1 saturated carbocycles. The smallest absolute Gasteiger partial charge is 0.287 e. The van der Waals surface area contributed by atoms with Crippen LogP contribution in [-0.4, -0.2) is 47.5 Å². The van der Waals surface area contributed by atoms with E-state index in [0.29, 0.717) is 42.4 Å². The summed E-state index contributed by atoms with van der Waals surface area (Å²) >= 11 is 0. The second kappa shape index (κ2) is 11.5. The summed E-state index contributed by atoms with van der Waals surface area (Å²) in [6, 6.07) is 2.83. The summed E-state index contributed by atoms with van der Waals surface area (Å²) < 4.78 is 201. The predicted molar refractivity (Wildman–Crippen MR) is 115 cm³/mol. The second-order valence-corrected chi connectivity index (χ2v) is 10.2. The lowest BCUT2D eigenvalue weighted by atomic mass is 9.78. The molecule has 1 nitrogen and oxygen atoms in total. The van der Waals surface area contributed by atoms with E-state index in [9.17, 15) is 70.7 Å². The zero-order valence-electron chi connectivity index (χ0n) is 21.2. The number of ketones is 1. The van der Waals surface area contributed by atoms with Gasteiger partial charge in [-0.1, -0.05) is 69.7 Å². The number of carbonyl (C=O) groups is 1. The van der Waals surface area contributed by atoms with Crippen molar-refractivity contribution < 1.29 is 70.7 Å². The van der Waals surface area contributed by atoms with Crippen LogP contribution in [0.3, 0.4) is 0 Å². The monoisotopic (exact) mass is 626 g/mol. The van der Waals surface area contributed by atoms with Crippen molar-refractivity contribution in [3.8, 4) is 0 Å². The molecule has 236 valence electrons. The molecule has 0 saturated heterocycles. The molecule has 41 heavy (non-hydrogen) atoms. The lowest BCUT2D eigenvalue weighted by Crippen LogP contribution is -2.73. The summed E-state index contributed by atoms with van der Waals surface area (Å²) in [4.78, 5) is 12.0. The van der Waals surface area contributed by atoms with E-state index in [1.54, 1.807) is 0 Å². The maximum absolute atomic E-state index is 14.2. The lowest BCUT2D eigenvalue weighted by molar-refractivity contribution is -0.449. The van der Waals surface area contributed by atoms with Crippen molar-refractivity contribution in [2.24, 2.45) is 11.8 Å². The third-order valence-electron chi connectivity index (χ3n) is 7.33. The molecule has 0 bridgehead atoms. The minimum absolute atomic E-state index is 0.319. The van der Waals surface area contributed by atoms with Gasteiger partial charge in [-0.25, -0.2) is 0 Å². The average molecular weight is 626 g/mol. The first-order valence-corrected chi connectivity index (χ1v) is 12.4. The van der Waals surface area contributed by atoms with Gasteiger partial charge in [0.25, 0.3) is 0 Å². The molecule has 1 aliphatic carbocycles. The van der Waals surface area contributed by atoms with Crippen molar-refractivity contribution in [1.29, 1.82) is 0 Å². The Hall–Kier alpha value is -2.16. The molecular formula is C25H25F15O. The standard InChI is InChI=1S/C25H25F15O/c1-2-3-14-4-6-15(7-5-14)8-9-16-10-12-17(13-11-16)18(41)19(26,27)20(28,29)21(30,31)22(32,33)23(34,35)24(36,37)25(38,39)40/h10-15H,2-9H2,1H3/t14-,15-. The van der Waals surface area contributed by atoms with Crippen LogP contribution >= 0.6 is 0 Å². The van der Waals surface area contributed by atoms with Crippen molar-refractivity contribution in [3.63, 3.8) is 0 Å². The molecule has 1 aromatic rings. The summed E-state index contributed by atoms with van der Waals surface area (Å²) in [6.45, 7) is 2.07. The highest BCUT2D eigenvalue weighted by atomic mass is 19.4. The van der Waals surface area contributed by atoms with Gasteiger partial charge in [0.15, 0.2) is 0 Å². The second-order valence-electron chi connectivity index (χ2n) is 10.2. The van der Waals surface area contributed by atoms with Gasteiger partial charge in [-0.05, 0) is 30.2 Å². The van der Waals surface area contributed by atoms with Crippen molar-refractivity contribution in [3.05, 3.63) is 35.4 Å². The molecule has 0 unspecified atom stereocenters. The molecule has 1 aromatic carbocycles. The number of rotatable bonds is 12. The first-order chi connectivity index (χ1) is 18.4. The van der Waals surface area contributed by atoms with Gasteiger partial charge < -0.3 is 0 Å². The average Bonchev–Trinajstić information content (AvgIpc) is 2.87. The van der Waals surface area contributed by atoms with Crippen molar-refractivity contribution in [2.45, 2.75) is 100 Å². The SMILES string of the molecule is CCC[C@H]1CC[C@H](CCc2ccc(C(=O)C(F)(F)C(F)(F)C(F)(F)C(F)(F)C(F)(F)C(F)(F)C(F)(F)F)cc2)CC1. The molecule has 0 heterocycles. The molecule has 0 aromatic heterocycles. The van der Waals surface area contributed by atoms with E-state index in [4.69, 9.17) is 0 Å². The molecule has 0 spiro atoms. The Labute approximate surface area is 224 Å². The van der Waals surface area contributed by atoms with E-state index in [1.165, 1.54) is 0 Å². The third-order valence-corrected chi connectivity index (χ3v) is 7.33. The Bertz CT molecular complexity index is 1040. The zero-order chi connectivity index (χ0) is 31.9. The normalized spacial score (nSPS) is 20.3. The Morgan fingerprint density at radius 2 is 1.00 bits per heavy atom. The zero-order valence-corrected chi connectivity index (χ0v) is 21.2. The molecule has 2 rings (SSSR count). The molecule has 16 heteroatoms. The van der Waals surface area contributed by atoms with Crippen LogP contribution in [0.4, 0.5) is 65.9 Å². The minimum Gasteiger partial charge on any atom is -0.287 e. The fraction of sp³-hybridized carbons (Fsp3) is 0.720. The van der Waals surface area contributed by atoms with Crippen LogP contribution in [0.5, 0.6) is 0 Å². The van der Waals surface area contributed by atoms with Gasteiger partial charge in [-0.2, -0.15) is 65.9 Å². The number of Topliss-reactive ketones (excluding diaryl/α,β-unsaturated/α-hetero) is 1. The molecule has 0 radical (unpaired) electrons. The predicted octanol–water partition coefficient (Wildman–Crippen LogP) is 9.78. The topological polar surface area (TPSA) is 17.1 Å². The maximum Gasteiger partial charge on any atom is 0.460 e. The number of halogens is 15. The van der Waals surface area contributed by atoms with Gasteiger partial charge in [0.1, 0.15) is 0 Å². The van der Waals surface area contributed by atoms with E-state index >= 15 is 0 Å². The summed E-state index contributed by atoms with van der Waals surface area (Å²) in [5, 5.41) is 0. The van der Waals surface area contributed by atoms with Crippen molar-refractivity contribution in [1.82, 2.24) is 0 Å². The van der Waals surface area contributed by atoms with Crippen LogP contribution < -0.4 is 0 Å². The van der Waals surface area contributed by atoms with E-state index in [0.717, 1.165) is 50.7 Å². The third kappa shape index (κ3) is 6.02. The van der Waals surface area contributed by atoms with Crippen LogP contribution in [-0.2, 0) is 6.42 Å². The summed E-state index contributed by atoms with van der Waals surface area (Å²) in [5.74, 6) is -50.3. The van der Waals surface area contributed by atoms with Gasteiger partial charge >= 0.3 is 41.7 Å². The number of benzene rings is 1. The molecular weight excluding hydrogens is 601 g/mol. The molecule has 1 aliphatic rings. The Morgan fingerprint density at radius 1 is 0.610 bits per heavy atom. The highest BCUT2D eigenvalue weighted by Gasteiger charge is 2.93. The lowest BCUT2D eigenvalue weighted by Gasteiger charge is -2.41. The molecule has 0 atom stereocenters. The number of hydrogen-bond donors (Lipinski definition) is 0. The fourth-order valence-corrected chi connectivity index (χ4v) is 4.70. The van der Waals surface area contributed by atoms with E-state index in [1.807, 2.05) is 0 Å². The molecule has 1 fully saturated rings. The Balaban J connectivity index is 2.24. The molecule has 0 N–H and O–H groups in total. The number of carbonyl (C=O) groups excluding carboxylic acids is 1. The van der Waals surface area contributed by atoms with Crippen LogP contribution in [0.25, 0.3) is 0 Å². The molecule has 0 amide bonds. The minimum atomic E-state index is -8.42. The highest BCUT2D eigenvalue weighted by molar-refractivity contribution is 6.02. The largest absolute Gasteiger partial charge is 0.460 e. The number of hydrogen-bond acceptors (Lipinski definition) is 1. The summed E-state index contributed by atoms with van der Waals surface area (Å²) in [7, 11) is 0. The fourth-order valence-electron chi connectivity index (χ4n) is 4.70. The summed E-state index contributed by atoms with van der Waals surface area (Å²) in [6.07, 6.45) is -0.707. The van der Waals surface area contributed by atoms with Gasteiger partial charge in [0, 0.05) is 5.56 Å². The Morgan fingerprint density at radius 3 is 1.41 bits per heavy atom. The van der Waals surface area contributed by atoms with Crippen molar-refractivity contribution in [2.75, 3.05) is 0 Å². The first-order valence-electron chi connectivity index (χ1n) is 12.4. The van der Waals surface area contributed by atoms with E-state index in [-0.39, 0.29) is 0 Å². The van der Waals surface area contributed by atoms with E-state index < -0.39 is 53.1 Å². The quantitative estimate of drug-likeness (QED) is 0.167. The Kier molecular flexibility index (Phi) is 9.82. The van der Waals surface area contributed by atoms with Crippen LogP contribution in [0.2, 0.25) is 0 Å². The number of aryl methyl sites for hydroxylation is 1. The van der Waals surface area contributed by atoms with Crippen LogP contribution in [0.1, 0.15) is 67.8 Å². The van der Waals surface area contributed by atoms with Crippen LogP contribution in [0.15, 0.2) is 24.3 Å². The first kappa shape index (κ1) is 35.0. The number of alkyl halides is 15. The van der Waals surface area contributed by atoms with Gasteiger partial charge in [0.05, 0.1) is 0 Å². The summed E-state index contributed by atoms with van der Waals surface area (Å²) in [5.41, 5.74) is -1.08. The molecule has 0 aliphatic heterocycles. The van der Waals surface area contributed by atoms with Crippen LogP contribution in [0, 0.1) is 11.8 Å². The van der Waals surface area contributed by atoms with Gasteiger partial charge in [0.2, 0.25) is 5.78 Å². The maximum atomic E-state index is 14.2. The van der Waals surface area contributed by atoms with Crippen molar-refractivity contribution >= 4 is 5.78 Å². The van der Waals surface area contributed by atoms with E-state index in [2.05, 4.69) is 6.92 Å².